The van der Waals surface area contributed by atoms with E-state index < -0.39 is 0 Å². The zero-order chi connectivity index (χ0) is 22.0. The fraction of sp³-hybridized carbons (Fsp3) is 0.444. The lowest BCUT2D eigenvalue weighted by atomic mass is 10.7. The molecule has 0 aromatic carbocycles. The maximum Gasteiger partial charge on any atom is 0.171 e. The van der Waals surface area contributed by atoms with Crippen LogP contribution in [0.4, 0.5) is 0 Å². The highest BCUT2D eigenvalue weighted by Gasteiger charge is 1.87. The van der Waals surface area contributed by atoms with Gasteiger partial charge in [0, 0.05) is 24.8 Å². The van der Waals surface area contributed by atoms with E-state index in [2.05, 4.69) is 65.7 Å². The van der Waals surface area contributed by atoms with Gasteiger partial charge < -0.3 is 4.98 Å². The van der Waals surface area contributed by atoms with Crippen LogP contribution in [0, 0.1) is 20.8 Å². The van der Waals surface area contributed by atoms with Gasteiger partial charge in [-0.05, 0) is 34.6 Å². The molecule has 13 nitrogen and oxygen atoms in total. The van der Waals surface area contributed by atoms with Crippen molar-refractivity contribution in [3.63, 3.8) is 0 Å². The maximum atomic E-state index is 3.93. The standard InChI is InChI=1S/3C4H6N2.C3H5N3.C2H4N4.CH4/c3*1-4-5-2-3-6-4;1-3-4-2-5-6-3;1-2-3-5-6-4-2;/h2*2H,3H2,1H3;2-3H,1H3,(H,5,6);2H,1H3,(H,4,5,6);1H3,(H,3,4,5,6);1H4. The summed E-state index contributed by atoms with van der Waals surface area (Å²) in [5.41, 5.74) is 0. The van der Waals surface area contributed by atoms with Gasteiger partial charge in [0.2, 0.25) is 0 Å². The maximum absolute atomic E-state index is 3.93. The molecular weight excluding hydrogens is 398 g/mol. The van der Waals surface area contributed by atoms with Crippen LogP contribution in [0.5, 0.6) is 0 Å². The molecule has 0 aliphatic carbocycles. The number of nitrogens with zero attached hydrogens (tertiary/aromatic N) is 10. The Balaban J connectivity index is 0.000000360. The number of aryl methyl sites for hydroxylation is 3. The lowest BCUT2D eigenvalue weighted by Gasteiger charge is -1.71. The number of hydrogen-bond acceptors (Lipinski definition) is 10. The molecule has 2 aliphatic heterocycles. The number of H-pyrrole nitrogens is 3. The molecule has 0 bridgehead atoms. The SMILES string of the molecule is C.CC1=NCC=N1.CC1=NCC=N1.Cc1ncc[nH]1.Cc1ncn[nH]1.Cc1nn[nH]n1. The molecule has 0 unspecified atom stereocenters. The first-order chi connectivity index (χ1) is 14.5. The zero-order valence-corrected chi connectivity index (χ0v) is 17.8. The summed E-state index contributed by atoms with van der Waals surface area (Å²) in [6, 6.07) is 0. The van der Waals surface area contributed by atoms with E-state index in [0.29, 0.717) is 5.82 Å². The Bertz CT molecular complexity index is 778. The first-order valence-electron chi connectivity index (χ1n) is 9.02. The van der Waals surface area contributed by atoms with Gasteiger partial charge >= 0.3 is 0 Å². The molecular formula is C18H31N13. The number of aromatic nitrogens is 9. The van der Waals surface area contributed by atoms with Gasteiger partial charge in [-0.3, -0.25) is 15.1 Å². The van der Waals surface area contributed by atoms with Crippen molar-refractivity contribution in [2.75, 3.05) is 13.1 Å². The van der Waals surface area contributed by atoms with Crippen LogP contribution in [0.3, 0.4) is 0 Å². The molecule has 13 heteroatoms. The summed E-state index contributed by atoms with van der Waals surface area (Å²) in [6.07, 6.45) is 8.62. The second-order valence-electron chi connectivity index (χ2n) is 5.60. The number of aliphatic imine (C=N–C) groups is 4. The van der Waals surface area contributed by atoms with Crippen molar-refractivity contribution in [1.82, 2.24) is 45.8 Å². The minimum atomic E-state index is 0. The van der Waals surface area contributed by atoms with Gasteiger partial charge in [0.15, 0.2) is 5.82 Å². The Morgan fingerprint density at radius 2 is 1.48 bits per heavy atom. The van der Waals surface area contributed by atoms with Gasteiger partial charge in [-0.2, -0.15) is 10.3 Å². The molecule has 0 saturated carbocycles. The first-order valence-corrected chi connectivity index (χ1v) is 9.02. The zero-order valence-electron chi connectivity index (χ0n) is 17.8. The van der Waals surface area contributed by atoms with Crippen molar-refractivity contribution in [3.8, 4) is 0 Å². The van der Waals surface area contributed by atoms with E-state index in [1.807, 2.05) is 27.7 Å². The predicted molar refractivity (Wildman–Crippen MR) is 123 cm³/mol. The number of tetrazole rings is 1. The second-order valence-corrected chi connectivity index (χ2v) is 5.60. The highest BCUT2D eigenvalue weighted by atomic mass is 15.5. The quantitative estimate of drug-likeness (QED) is 0.492. The van der Waals surface area contributed by atoms with E-state index in [-0.39, 0.29) is 7.43 Å². The second kappa shape index (κ2) is 17.0. The minimum Gasteiger partial charge on any atom is -0.349 e. The topological polar surface area (TPSA) is 174 Å². The smallest absolute Gasteiger partial charge is 0.171 e. The third kappa shape index (κ3) is 15.7. The molecule has 2 aliphatic rings. The van der Waals surface area contributed by atoms with Crippen LogP contribution in [-0.4, -0.2) is 83.0 Å². The van der Waals surface area contributed by atoms with Gasteiger partial charge in [0.25, 0.3) is 0 Å². The van der Waals surface area contributed by atoms with Crippen LogP contribution in [0.25, 0.3) is 0 Å². The molecule has 3 aromatic rings. The molecule has 168 valence electrons. The molecule has 5 rings (SSSR count). The predicted octanol–water partition coefficient (Wildman–Crippen LogP) is 1.95. The van der Waals surface area contributed by atoms with E-state index in [9.17, 15) is 0 Å². The Labute approximate surface area is 181 Å². The van der Waals surface area contributed by atoms with E-state index in [1.54, 1.807) is 31.7 Å². The van der Waals surface area contributed by atoms with Gasteiger partial charge in [-0.1, -0.05) is 12.6 Å². The van der Waals surface area contributed by atoms with Gasteiger partial charge in [0.1, 0.15) is 29.6 Å². The van der Waals surface area contributed by atoms with Crippen molar-refractivity contribution < 1.29 is 0 Å². The number of aromatic amines is 3. The fourth-order valence-electron chi connectivity index (χ4n) is 1.60. The van der Waals surface area contributed by atoms with Crippen LogP contribution in [0.1, 0.15) is 38.7 Å². The van der Waals surface area contributed by atoms with Crippen molar-refractivity contribution in [1.29, 1.82) is 0 Å². The number of rotatable bonds is 0. The molecule has 0 fully saturated rings. The fourth-order valence-corrected chi connectivity index (χ4v) is 1.60. The Kier molecular flexibility index (Phi) is 14.9. The monoisotopic (exact) mass is 429 g/mol. The Morgan fingerprint density at radius 3 is 1.61 bits per heavy atom. The first kappa shape index (κ1) is 27.1. The molecule has 5 heterocycles. The van der Waals surface area contributed by atoms with Crippen molar-refractivity contribution in [3.05, 3.63) is 36.2 Å². The van der Waals surface area contributed by atoms with E-state index in [4.69, 9.17) is 0 Å². The normalized spacial score (nSPS) is 12.3. The van der Waals surface area contributed by atoms with Crippen molar-refractivity contribution >= 4 is 24.1 Å². The minimum absolute atomic E-state index is 0. The van der Waals surface area contributed by atoms with Crippen LogP contribution < -0.4 is 0 Å². The summed E-state index contributed by atoms with van der Waals surface area (Å²) in [5.74, 6) is 4.30. The Morgan fingerprint density at radius 1 is 0.839 bits per heavy atom. The third-order valence-corrected chi connectivity index (χ3v) is 2.98. The molecule has 0 atom stereocenters. The number of hydrogen-bond donors (Lipinski definition) is 3. The molecule has 0 amide bonds. The van der Waals surface area contributed by atoms with Gasteiger partial charge in [-0.15, -0.1) is 10.2 Å². The molecule has 0 spiro atoms. The van der Waals surface area contributed by atoms with Crippen LogP contribution in [0.2, 0.25) is 0 Å². The molecule has 3 N–H and O–H groups in total. The average Bonchev–Trinajstić information content (AvgIpc) is 3.50. The highest BCUT2D eigenvalue weighted by molar-refractivity contribution is 5.93. The summed E-state index contributed by atoms with van der Waals surface area (Å²) in [4.78, 5) is 26.1. The van der Waals surface area contributed by atoms with E-state index in [1.165, 1.54) is 6.33 Å². The number of imidazole rings is 1. The van der Waals surface area contributed by atoms with E-state index >= 15 is 0 Å². The Hall–Kier alpha value is -3.90. The summed E-state index contributed by atoms with van der Waals surface area (Å²) in [7, 11) is 0. The third-order valence-electron chi connectivity index (χ3n) is 2.98. The highest BCUT2D eigenvalue weighted by Crippen LogP contribution is 1.84. The molecule has 0 saturated heterocycles. The lowest BCUT2D eigenvalue weighted by molar-refractivity contribution is 0.881. The molecule has 3 aromatic heterocycles. The van der Waals surface area contributed by atoms with Crippen molar-refractivity contribution in [2.45, 2.75) is 42.0 Å². The summed E-state index contributed by atoms with van der Waals surface area (Å²) in [6.45, 7) is 10.9. The number of amidine groups is 2. The van der Waals surface area contributed by atoms with Crippen molar-refractivity contribution in [2.24, 2.45) is 20.0 Å². The summed E-state index contributed by atoms with van der Waals surface area (Å²) < 4.78 is 0. The lowest BCUT2D eigenvalue weighted by Crippen LogP contribution is -1.73. The molecule has 0 radical (unpaired) electrons. The van der Waals surface area contributed by atoms with E-state index in [0.717, 1.165) is 36.4 Å². The van der Waals surface area contributed by atoms with Gasteiger partial charge in [0.05, 0.1) is 13.1 Å². The van der Waals surface area contributed by atoms with Gasteiger partial charge in [-0.25, -0.2) is 20.0 Å². The number of nitrogens with one attached hydrogen (secondary N) is 3. The summed E-state index contributed by atoms with van der Waals surface area (Å²) in [5, 5.41) is 18.9. The van der Waals surface area contributed by atoms with Crippen LogP contribution in [0.15, 0.2) is 38.7 Å². The largest absolute Gasteiger partial charge is 0.349 e. The van der Waals surface area contributed by atoms with Crippen LogP contribution in [-0.2, 0) is 0 Å². The average molecular weight is 430 g/mol. The molecule has 31 heavy (non-hydrogen) atoms. The summed E-state index contributed by atoms with van der Waals surface area (Å²) >= 11 is 0. The van der Waals surface area contributed by atoms with Crippen LogP contribution >= 0.6 is 0 Å².